The number of carbonyl (C=O) groups is 1. The van der Waals surface area contributed by atoms with Crippen molar-refractivity contribution in [2.45, 2.75) is 111 Å². The van der Waals surface area contributed by atoms with Crippen LogP contribution in [0.2, 0.25) is 0 Å². The van der Waals surface area contributed by atoms with Crippen molar-refractivity contribution >= 4 is 27.5 Å². The standard InChI is InChI=1S/C27H25N2.C13H24O2.Ir/c1-26(2,3)18-14-17-10-13-28-25-20-16-29-22-9-5-4-8-19(22)24(20)27(11-6-7-12-27)21(15-18)23(17)25;1-5-10(6-2)12(14)9-13(15)11(7-3)8-4;/h4-5,8-10,13-15H,6-7,11-12H2,1-3H3;9-11,14H,5-8H2,1-4H3;/q-1;;/b;12-9-;. The van der Waals surface area contributed by atoms with Gasteiger partial charge in [-0.1, -0.05) is 103 Å². The van der Waals surface area contributed by atoms with E-state index in [2.05, 4.69) is 69.4 Å². The number of carbonyl (C=O) groups excluding carboxylic acids is 1. The van der Waals surface area contributed by atoms with Gasteiger partial charge in [-0.3, -0.25) is 4.79 Å². The number of ketones is 1. The smallest absolute Gasteiger partial charge is 0.162 e. The molecule has 0 atom stereocenters. The van der Waals surface area contributed by atoms with Gasteiger partial charge in [-0.15, -0.1) is 11.1 Å². The summed E-state index contributed by atoms with van der Waals surface area (Å²) >= 11 is 0. The van der Waals surface area contributed by atoms with Crippen molar-refractivity contribution in [3.63, 3.8) is 0 Å². The van der Waals surface area contributed by atoms with E-state index < -0.39 is 0 Å². The molecule has 2 aromatic carbocycles. The molecule has 4 aromatic rings. The Balaban J connectivity index is 0.000000249. The van der Waals surface area contributed by atoms with Crippen LogP contribution in [0.4, 0.5) is 0 Å². The van der Waals surface area contributed by atoms with Gasteiger partial charge in [0.05, 0.1) is 5.76 Å². The van der Waals surface area contributed by atoms with Crippen molar-refractivity contribution in [3.05, 3.63) is 83.4 Å². The third-order valence-corrected chi connectivity index (χ3v) is 10.2. The van der Waals surface area contributed by atoms with Crippen LogP contribution in [0.1, 0.15) is 117 Å². The molecule has 1 saturated carbocycles. The molecular formula is C40H49IrN2O2-. The number of rotatable bonds is 7. The molecule has 2 heterocycles. The molecule has 0 aliphatic heterocycles. The number of aromatic nitrogens is 2. The molecule has 4 nitrogen and oxygen atoms in total. The number of benzene rings is 2. The van der Waals surface area contributed by atoms with Crippen LogP contribution in [0.5, 0.6) is 0 Å². The summed E-state index contributed by atoms with van der Waals surface area (Å²) < 4.78 is 0. The number of aliphatic hydroxyl groups is 1. The van der Waals surface area contributed by atoms with Gasteiger partial charge in [0.25, 0.3) is 0 Å². The first-order valence-electron chi connectivity index (χ1n) is 16.8. The Morgan fingerprint density at radius 3 is 2.24 bits per heavy atom. The minimum atomic E-state index is 0. The Kier molecular flexibility index (Phi) is 11.1. The molecular weight excluding hydrogens is 733 g/mol. The molecule has 2 aliphatic rings. The summed E-state index contributed by atoms with van der Waals surface area (Å²) in [5.41, 5.74) is 7.69. The second-order valence-electron chi connectivity index (χ2n) is 13.8. The van der Waals surface area contributed by atoms with E-state index in [1.165, 1.54) is 64.6 Å². The Bertz CT molecular complexity index is 1690. The molecule has 6 rings (SSSR count). The maximum absolute atomic E-state index is 11.7. The van der Waals surface area contributed by atoms with Gasteiger partial charge >= 0.3 is 0 Å². The molecule has 2 aliphatic carbocycles. The molecule has 1 N–H and O–H groups in total. The van der Waals surface area contributed by atoms with E-state index in [9.17, 15) is 9.90 Å². The Labute approximate surface area is 283 Å². The third kappa shape index (κ3) is 6.54. The maximum Gasteiger partial charge on any atom is 0.162 e. The average molecular weight is 782 g/mol. The van der Waals surface area contributed by atoms with Crippen LogP contribution in [-0.4, -0.2) is 20.9 Å². The molecule has 0 amide bonds. The van der Waals surface area contributed by atoms with E-state index in [1.807, 2.05) is 33.9 Å². The quantitative estimate of drug-likeness (QED) is 0.115. The van der Waals surface area contributed by atoms with Gasteiger partial charge in [-0.25, -0.2) is 0 Å². The summed E-state index contributed by atoms with van der Waals surface area (Å²) in [6, 6.07) is 15.6. The van der Waals surface area contributed by atoms with Gasteiger partial charge in [0.1, 0.15) is 0 Å². The Morgan fingerprint density at radius 2 is 1.62 bits per heavy atom. The van der Waals surface area contributed by atoms with Crippen molar-refractivity contribution in [2.24, 2.45) is 11.8 Å². The molecule has 1 spiro atoms. The molecule has 1 radical (unpaired) electrons. The molecule has 5 heteroatoms. The minimum Gasteiger partial charge on any atom is -0.512 e. The first-order chi connectivity index (χ1) is 21.1. The van der Waals surface area contributed by atoms with E-state index >= 15 is 0 Å². The molecule has 45 heavy (non-hydrogen) atoms. The summed E-state index contributed by atoms with van der Waals surface area (Å²) in [6.07, 6.45) is 15.2. The Morgan fingerprint density at radius 1 is 0.978 bits per heavy atom. The number of pyridine rings is 2. The fourth-order valence-electron chi connectivity index (χ4n) is 7.49. The molecule has 0 bridgehead atoms. The molecule has 1 fully saturated rings. The van der Waals surface area contributed by atoms with Crippen LogP contribution < -0.4 is 0 Å². The number of nitrogens with zero attached hydrogens (tertiary/aromatic N) is 2. The second kappa shape index (κ2) is 14.3. The van der Waals surface area contributed by atoms with Crippen LogP contribution in [0.15, 0.2) is 60.5 Å². The number of hydrogen-bond acceptors (Lipinski definition) is 4. The largest absolute Gasteiger partial charge is 0.512 e. The van der Waals surface area contributed by atoms with Gasteiger partial charge in [0, 0.05) is 44.2 Å². The van der Waals surface area contributed by atoms with Gasteiger partial charge in [-0.05, 0) is 94.7 Å². The average Bonchev–Trinajstić information content (AvgIpc) is 3.50. The minimum absolute atomic E-state index is 0. The first kappa shape index (κ1) is 35.0. The van der Waals surface area contributed by atoms with E-state index in [0.717, 1.165) is 42.5 Å². The zero-order valence-electron chi connectivity index (χ0n) is 28.1. The number of para-hydroxylation sites is 1. The molecule has 2 aromatic heterocycles. The van der Waals surface area contributed by atoms with Crippen LogP contribution in [0.25, 0.3) is 32.9 Å². The maximum atomic E-state index is 11.7. The fraction of sp³-hybridized carbons (Fsp3) is 0.475. The van der Waals surface area contributed by atoms with Crippen LogP contribution in [0.3, 0.4) is 0 Å². The van der Waals surface area contributed by atoms with Gasteiger partial charge < -0.3 is 15.1 Å². The van der Waals surface area contributed by atoms with Crippen molar-refractivity contribution < 1.29 is 30.0 Å². The van der Waals surface area contributed by atoms with E-state index in [-0.39, 0.29) is 54.3 Å². The number of hydrogen-bond donors (Lipinski definition) is 1. The molecule has 241 valence electrons. The van der Waals surface area contributed by atoms with Crippen molar-refractivity contribution in [2.75, 3.05) is 0 Å². The summed E-state index contributed by atoms with van der Waals surface area (Å²) in [5, 5.41) is 13.7. The predicted molar refractivity (Wildman–Crippen MR) is 183 cm³/mol. The van der Waals surface area contributed by atoms with Gasteiger partial charge in [0.15, 0.2) is 5.78 Å². The van der Waals surface area contributed by atoms with Gasteiger partial charge in [-0.2, -0.15) is 0 Å². The summed E-state index contributed by atoms with van der Waals surface area (Å²) in [6.45, 7) is 15.0. The first-order valence-corrected chi connectivity index (χ1v) is 16.8. The number of aliphatic hydroxyl groups excluding tert-OH is 1. The molecule has 0 unspecified atom stereocenters. The summed E-state index contributed by atoms with van der Waals surface area (Å²) in [5.74, 6) is 0.547. The van der Waals surface area contributed by atoms with Crippen molar-refractivity contribution in [1.29, 1.82) is 0 Å². The van der Waals surface area contributed by atoms with E-state index in [0.29, 0.717) is 0 Å². The van der Waals surface area contributed by atoms with E-state index in [4.69, 9.17) is 9.97 Å². The molecule has 0 saturated heterocycles. The van der Waals surface area contributed by atoms with Crippen molar-refractivity contribution in [1.82, 2.24) is 9.97 Å². The summed E-state index contributed by atoms with van der Waals surface area (Å²) in [4.78, 5) is 21.3. The SMILES string of the molecule is CC(C)(C)c1cc2c3c(nccc3c1)-c1[c-]nc3ccccc3c1C21CCCC1.CCC(CC)C(=O)/C=C(\O)C(CC)CC.[Ir]. The fourth-order valence-corrected chi connectivity index (χ4v) is 7.49. The normalized spacial score (nSPS) is 15.3. The van der Waals surface area contributed by atoms with Crippen molar-refractivity contribution in [3.8, 4) is 11.3 Å². The van der Waals surface area contributed by atoms with Crippen LogP contribution in [-0.2, 0) is 35.7 Å². The van der Waals surface area contributed by atoms with Crippen LogP contribution in [0, 0.1) is 18.0 Å². The zero-order valence-corrected chi connectivity index (χ0v) is 30.5. The second-order valence-corrected chi connectivity index (χ2v) is 13.8. The summed E-state index contributed by atoms with van der Waals surface area (Å²) in [7, 11) is 0. The number of allylic oxidation sites excluding steroid dienone is 2. The van der Waals surface area contributed by atoms with Gasteiger partial charge in [0.2, 0.25) is 0 Å². The Hall–Kier alpha value is -2.88. The zero-order chi connectivity index (χ0) is 31.6. The number of fused-ring (bicyclic) bond motifs is 6. The topological polar surface area (TPSA) is 63.1 Å². The van der Waals surface area contributed by atoms with E-state index in [1.54, 1.807) is 0 Å². The predicted octanol–water partition coefficient (Wildman–Crippen LogP) is 10.6. The van der Waals surface area contributed by atoms with Crippen LogP contribution >= 0.6 is 0 Å². The third-order valence-electron chi connectivity index (χ3n) is 10.2. The monoisotopic (exact) mass is 782 g/mol.